The van der Waals surface area contributed by atoms with E-state index in [0.717, 1.165) is 0 Å². The largest absolute Gasteiger partial charge is 0.372 e. The molecule has 0 amide bonds. The van der Waals surface area contributed by atoms with E-state index >= 15 is 0 Å². The highest BCUT2D eigenvalue weighted by molar-refractivity contribution is 6.68. The van der Waals surface area contributed by atoms with Crippen LogP contribution in [0, 0.1) is 23.7 Å². The number of ether oxygens (including phenoxy) is 1. The molecule has 2 saturated heterocycles. The van der Waals surface area contributed by atoms with E-state index in [9.17, 15) is 19.2 Å². The lowest BCUT2D eigenvalue weighted by Crippen LogP contribution is -2.48. The van der Waals surface area contributed by atoms with Gasteiger partial charge in [-0.05, 0) is 46.4 Å². The minimum atomic E-state index is -1.10. The van der Waals surface area contributed by atoms with Crippen LogP contribution in [0.3, 0.4) is 0 Å². The van der Waals surface area contributed by atoms with Crippen LogP contribution >= 0.6 is 46.4 Å². The molecule has 2 aliphatic rings. The third-order valence-electron chi connectivity index (χ3n) is 3.55. The van der Waals surface area contributed by atoms with E-state index in [2.05, 4.69) is 0 Å². The van der Waals surface area contributed by atoms with Crippen molar-refractivity contribution in [2.75, 3.05) is 0 Å². The Bertz CT molecular complexity index is 397. The van der Waals surface area contributed by atoms with E-state index in [1.807, 2.05) is 0 Å². The van der Waals surface area contributed by atoms with Gasteiger partial charge in [0.15, 0.2) is 0 Å². The number of hydrogen-bond donors (Lipinski definition) is 0. The number of fused-ring (bicyclic) bond motifs is 2. The molecule has 104 valence electrons. The highest BCUT2D eigenvalue weighted by atomic mass is 35.5. The minimum absolute atomic E-state index is 0.866. The molecular formula is C10H6Cl4O5. The van der Waals surface area contributed by atoms with Gasteiger partial charge in [0.2, 0.25) is 21.0 Å². The average Bonchev–Trinajstić information content (AvgIpc) is 2.81. The maximum atomic E-state index is 11.4. The number of carbonyl (C=O) groups is 4. The summed E-state index contributed by atoms with van der Waals surface area (Å²) in [6, 6.07) is 0. The van der Waals surface area contributed by atoms with Crippen molar-refractivity contribution in [1.82, 2.24) is 0 Å². The van der Waals surface area contributed by atoms with E-state index in [4.69, 9.17) is 51.1 Å². The molecule has 0 aromatic carbocycles. The summed E-state index contributed by atoms with van der Waals surface area (Å²) in [5.41, 5.74) is 0. The van der Waals surface area contributed by atoms with Crippen molar-refractivity contribution in [2.45, 2.75) is 12.2 Å². The van der Waals surface area contributed by atoms with Gasteiger partial charge in [-0.15, -0.1) is 0 Å². The Hall–Kier alpha value is -0.200. The average molecular weight is 348 g/mol. The van der Waals surface area contributed by atoms with Crippen molar-refractivity contribution >= 4 is 67.4 Å². The Kier molecular flexibility index (Phi) is 4.23. The van der Waals surface area contributed by atoms with Gasteiger partial charge in [-0.3, -0.25) is 19.2 Å². The maximum Gasteiger partial charge on any atom is 0.228 e. The molecule has 2 aliphatic heterocycles. The number of carbonyl (C=O) groups excluding carboxylic acids is 4. The van der Waals surface area contributed by atoms with Crippen LogP contribution in [0.25, 0.3) is 0 Å². The zero-order valence-electron chi connectivity index (χ0n) is 9.02. The number of hydrogen-bond acceptors (Lipinski definition) is 5. The molecule has 2 heterocycles. The van der Waals surface area contributed by atoms with Gasteiger partial charge in [0.05, 0.1) is 35.9 Å². The highest BCUT2D eigenvalue weighted by Gasteiger charge is 2.66. The Morgan fingerprint density at radius 2 is 0.789 bits per heavy atom. The van der Waals surface area contributed by atoms with Gasteiger partial charge < -0.3 is 4.74 Å². The summed E-state index contributed by atoms with van der Waals surface area (Å²) in [5.74, 6) is -4.40. The normalized spacial score (nSPS) is 40.2. The molecule has 2 rings (SSSR count). The van der Waals surface area contributed by atoms with Crippen LogP contribution in [-0.2, 0) is 23.9 Å². The molecule has 4 unspecified atom stereocenters. The topological polar surface area (TPSA) is 77.5 Å². The van der Waals surface area contributed by atoms with Crippen LogP contribution in [0.1, 0.15) is 0 Å². The second-order valence-electron chi connectivity index (χ2n) is 4.38. The molecule has 0 N–H and O–H groups in total. The van der Waals surface area contributed by atoms with Crippen LogP contribution in [0.15, 0.2) is 0 Å². The quantitative estimate of drug-likeness (QED) is 0.716. The van der Waals surface area contributed by atoms with Crippen LogP contribution in [-0.4, -0.2) is 33.2 Å². The van der Waals surface area contributed by atoms with Gasteiger partial charge in [0, 0.05) is 0 Å². The summed E-state index contributed by atoms with van der Waals surface area (Å²) in [6.07, 6.45) is -2.11. The number of rotatable bonds is 4. The van der Waals surface area contributed by atoms with Crippen molar-refractivity contribution in [3.63, 3.8) is 0 Å². The predicted molar refractivity (Wildman–Crippen MR) is 66.1 cm³/mol. The molecule has 0 aromatic heterocycles. The molecule has 19 heavy (non-hydrogen) atoms. The smallest absolute Gasteiger partial charge is 0.228 e. The van der Waals surface area contributed by atoms with Crippen molar-refractivity contribution in [3.05, 3.63) is 0 Å². The Balaban J connectivity index is 2.45. The molecule has 0 saturated carbocycles. The van der Waals surface area contributed by atoms with Crippen LogP contribution in [0.4, 0.5) is 0 Å². The molecule has 0 spiro atoms. The zero-order valence-corrected chi connectivity index (χ0v) is 12.0. The standard InChI is InChI=1S/C10H6Cl4O5/c11-7(15)1-2(8(12)16)6-4(10(14)18)3(9(13)17)5(1)19-6/h1-6H. The van der Waals surface area contributed by atoms with Crippen molar-refractivity contribution in [2.24, 2.45) is 23.7 Å². The van der Waals surface area contributed by atoms with Crippen molar-refractivity contribution in [3.8, 4) is 0 Å². The second-order valence-corrected chi connectivity index (χ2v) is 5.87. The molecule has 0 aliphatic carbocycles. The van der Waals surface area contributed by atoms with Crippen LogP contribution < -0.4 is 0 Å². The van der Waals surface area contributed by atoms with Gasteiger partial charge in [0.25, 0.3) is 0 Å². The van der Waals surface area contributed by atoms with E-state index < -0.39 is 56.8 Å². The third kappa shape index (κ3) is 2.32. The summed E-state index contributed by atoms with van der Waals surface area (Å²) < 4.78 is 5.35. The lowest BCUT2D eigenvalue weighted by molar-refractivity contribution is -0.132. The monoisotopic (exact) mass is 346 g/mol. The van der Waals surface area contributed by atoms with E-state index in [0.29, 0.717) is 0 Å². The molecule has 2 bridgehead atoms. The van der Waals surface area contributed by atoms with E-state index in [1.54, 1.807) is 0 Å². The van der Waals surface area contributed by atoms with Gasteiger partial charge in [-0.1, -0.05) is 0 Å². The lowest BCUT2D eigenvalue weighted by atomic mass is 9.69. The molecule has 0 aromatic rings. The van der Waals surface area contributed by atoms with Crippen molar-refractivity contribution in [1.29, 1.82) is 0 Å². The molecule has 5 nitrogen and oxygen atoms in total. The molecule has 2 fully saturated rings. The summed E-state index contributed by atoms with van der Waals surface area (Å²) in [4.78, 5) is 45.6. The molecule has 9 heteroatoms. The number of halogens is 4. The van der Waals surface area contributed by atoms with Gasteiger partial charge in [-0.2, -0.15) is 0 Å². The fourth-order valence-corrected chi connectivity index (χ4v) is 3.91. The molecule has 0 radical (unpaired) electrons. The fourth-order valence-electron chi connectivity index (χ4n) is 2.87. The minimum Gasteiger partial charge on any atom is -0.372 e. The van der Waals surface area contributed by atoms with Crippen LogP contribution in [0.2, 0.25) is 0 Å². The Labute approximate surface area is 127 Å². The summed E-state index contributed by atoms with van der Waals surface area (Å²) in [5, 5.41) is -3.46. The van der Waals surface area contributed by atoms with Gasteiger partial charge >= 0.3 is 0 Å². The first-order valence-corrected chi connectivity index (χ1v) is 6.71. The van der Waals surface area contributed by atoms with E-state index in [1.165, 1.54) is 0 Å². The third-order valence-corrected chi connectivity index (χ3v) is 4.56. The summed E-state index contributed by atoms with van der Waals surface area (Å²) in [7, 11) is 0. The second kappa shape index (κ2) is 5.30. The first kappa shape index (κ1) is 15.2. The Morgan fingerprint density at radius 1 is 0.579 bits per heavy atom. The first-order valence-electron chi connectivity index (χ1n) is 5.20. The molecular weight excluding hydrogens is 342 g/mol. The van der Waals surface area contributed by atoms with Crippen LogP contribution in [0.5, 0.6) is 0 Å². The fraction of sp³-hybridized carbons (Fsp3) is 0.600. The summed E-state index contributed by atoms with van der Waals surface area (Å²) in [6.45, 7) is 0. The SMILES string of the molecule is O=C(Cl)C1C2OC(C1C(=O)Cl)C(C(=O)Cl)C2C(=O)Cl. The first-order chi connectivity index (χ1) is 8.77. The predicted octanol–water partition coefficient (Wildman–Crippen LogP) is 1.29. The van der Waals surface area contributed by atoms with Gasteiger partial charge in [0.1, 0.15) is 0 Å². The maximum absolute atomic E-state index is 11.4. The van der Waals surface area contributed by atoms with E-state index in [-0.39, 0.29) is 0 Å². The summed E-state index contributed by atoms with van der Waals surface area (Å²) >= 11 is 21.6. The zero-order chi connectivity index (χ0) is 14.5. The Morgan fingerprint density at radius 3 is 0.947 bits per heavy atom. The highest BCUT2D eigenvalue weighted by Crippen LogP contribution is 2.52. The van der Waals surface area contributed by atoms with Crippen molar-refractivity contribution < 1.29 is 23.9 Å². The molecule has 4 atom stereocenters. The van der Waals surface area contributed by atoms with Gasteiger partial charge in [-0.25, -0.2) is 0 Å². The lowest BCUT2D eigenvalue weighted by Gasteiger charge is -2.30.